The van der Waals surface area contributed by atoms with Crippen LogP contribution in [0.4, 0.5) is 13.6 Å². The van der Waals surface area contributed by atoms with Crippen LogP contribution in [0, 0.1) is 0 Å². The molecule has 1 atom stereocenters. The molecular formula is C21H25F2N3O4. The summed E-state index contributed by atoms with van der Waals surface area (Å²) in [5.41, 5.74) is -0.0695. The molecule has 0 bridgehead atoms. The van der Waals surface area contributed by atoms with Crippen LogP contribution in [-0.2, 0) is 15.1 Å². The minimum atomic E-state index is -2.96. The predicted octanol–water partition coefficient (Wildman–Crippen LogP) is 3.36. The van der Waals surface area contributed by atoms with Crippen molar-refractivity contribution in [2.24, 2.45) is 0 Å². The summed E-state index contributed by atoms with van der Waals surface area (Å²) >= 11 is 0. The molecule has 1 heterocycles. The van der Waals surface area contributed by atoms with Crippen LogP contribution in [0.1, 0.15) is 45.1 Å². The van der Waals surface area contributed by atoms with Gasteiger partial charge in [-0.15, -0.1) is 0 Å². The summed E-state index contributed by atoms with van der Waals surface area (Å²) in [6.45, 7) is 0.505. The third-order valence-corrected chi connectivity index (χ3v) is 5.46. The highest BCUT2D eigenvalue weighted by atomic mass is 19.3. The minimum absolute atomic E-state index is 0.0551. The molecular weight excluding hydrogens is 396 g/mol. The molecule has 1 fully saturated rings. The first kappa shape index (κ1) is 21.7. The largest absolute Gasteiger partial charge is 0.435 e. The number of allylic oxidation sites excluding steroid dienone is 2. The predicted molar refractivity (Wildman–Crippen MR) is 105 cm³/mol. The maximum absolute atomic E-state index is 13.0. The van der Waals surface area contributed by atoms with E-state index in [1.165, 1.54) is 31.2 Å². The molecule has 1 unspecified atom stereocenters. The first-order valence-corrected chi connectivity index (χ1v) is 9.95. The van der Waals surface area contributed by atoms with E-state index in [4.69, 9.17) is 0 Å². The Labute approximate surface area is 173 Å². The van der Waals surface area contributed by atoms with E-state index in [0.717, 1.165) is 36.3 Å². The summed E-state index contributed by atoms with van der Waals surface area (Å²) in [4.78, 5) is 40.9. The van der Waals surface area contributed by atoms with Crippen molar-refractivity contribution in [1.29, 1.82) is 0 Å². The Bertz CT molecular complexity index is 856. The molecule has 0 saturated carbocycles. The molecule has 162 valence electrons. The minimum Gasteiger partial charge on any atom is -0.435 e. The van der Waals surface area contributed by atoms with Gasteiger partial charge in [0.2, 0.25) is 5.91 Å². The van der Waals surface area contributed by atoms with Gasteiger partial charge in [-0.25, -0.2) is 4.79 Å². The summed E-state index contributed by atoms with van der Waals surface area (Å²) in [5.74, 6) is -0.948. The van der Waals surface area contributed by atoms with E-state index in [1.807, 2.05) is 13.0 Å². The van der Waals surface area contributed by atoms with Crippen molar-refractivity contribution in [3.8, 4) is 5.75 Å². The second-order valence-electron chi connectivity index (χ2n) is 7.43. The summed E-state index contributed by atoms with van der Waals surface area (Å²) in [6.07, 6.45) is 5.82. The molecule has 1 saturated heterocycles. The number of ether oxygens (including phenoxy) is 1. The number of halogens is 2. The quantitative estimate of drug-likeness (QED) is 0.685. The Hall–Kier alpha value is -2.97. The number of benzene rings is 1. The van der Waals surface area contributed by atoms with Crippen molar-refractivity contribution in [2.75, 3.05) is 13.1 Å². The molecule has 3 rings (SSSR count). The van der Waals surface area contributed by atoms with Crippen LogP contribution in [0.3, 0.4) is 0 Å². The number of carbonyl (C=O) groups excluding carboxylic acids is 3. The van der Waals surface area contributed by atoms with E-state index in [1.54, 1.807) is 4.90 Å². The molecule has 9 heteroatoms. The number of urea groups is 1. The Balaban J connectivity index is 1.75. The molecule has 1 N–H and O–H groups in total. The number of alkyl halides is 2. The van der Waals surface area contributed by atoms with Crippen molar-refractivity contribution in [3.63, 3.8) is 0 Å². The highest BCUT2D eigenvalue weighted by Gasteiger charge is 2.49. The fourth-order valence-electron chi connectivity index (χ4n) is 3.83. The van der Waals surface area contributed by atoms with Crippen molar-refractivity contribution in [2.45, 2.75) is 51.7 Å². The Morgan fingerprint density at radius 1 is 1.27 bits per heavy atom. The Morgan fingerprint density at radius 3 is 2.53 bits per heavy atom. The lowest BCUT2D eigenvalue weighted by atomic mass is 9.92. The van der Waals surface area contributed by atoms with Crippen LogP contribution in [-0.4, -0.2) is 47.3 Å². The van der Waals surface area contributed by atoms with Gasteiger partial charge in [-0.2, -0.15) is 8.78 Å². The highest BCUT2D eigenvalue weighted by Crippen LogP contribution is 2.30. The zero-order chi connectivity index (χ0) is 21.9. The van der Waals surface area contributed by atoms with Crippen LogP contribution in [0.15, 0.2) is 36.0 Å². The molecule has 7 nitrogen and oxygen atoms in total. The lowest BCUT2D eigenvalue weighted by molar-refractivity contribution is -0.138. The first-order chi connectivity index (χ1) is 14.3. The lowest BCUT2D eigenvalue weighted by Gasteiger charge is -2.28. The summed E-state index contributed by atoms with van der Waals surface area (Å²) < 4.78 is 29.0. The average molecular weight is 421 g/mol. The van der Waals surface area contributed by atoms with E-state index in [-0.39, 0.29) is 18.2 Å². The molecule has 0 spiro atoms. The number of carbonyl (C=O) groups is 3. The van der Waals surface area contributed by atoms with Crippen molar-refractivity contribution < 1.29 is 27.9 Å². The van der Waals surface area contributed by atoms with Gasteiger partial charge in [-0.1, -0.05) is 18.2 Å². The number of amides is 4. The molecule has 0 radical (unpaired) electrons. The van der Waals surface area contributed by atoms with E-state index in [0.29, 0.717) is 12.1 Å². The van der Waals surface area contributed by atoms with Crippen molar-refractivity contribution in [1.82, 2.24) is 15.1 Å². The van der Waals surface area contributed by atoms with Gasteiger partial charge in [-0.05, 0) is 57.2 Å². The van der Waals surface area contributed by atoms with Gasteiger partial charge < -0.3 is 15.0 Å². The number of hydrogen-bond donors (Lipinski definition) is 1. The fourth-order valence-corrected chi connectivity index (χ4v) is 3.83. The average Bonchev–Trinajstić information content (AvgIpc) is 2.93. The summed E-state index contributed by atoms with van der Waals surface area (Å²) in [7, 11) is 0. The maximum atomic E-state index is 13.0. The van der Waals surface area contributed by atoms with Crippen LogP contribution >= 0.6 is 0 Å². The first-order valence-electron chi connectivity index (χ1n) is 9.95. The number of nitrogens with zero attached hydrogens (tertiary/aromatic N) is 2. The summed E-state index contributed by atoms with van der Waals surface area (Å²) in [6, 6.07) is 4.80. The summed E-state index contributed by atoms with van der Waals surface area (Å²) in [5, 5.41) is 2.61. The normalized spacial score (nSPS) is 21.5. The molecule has 1 aromatic rings. The molecule has 4 amide bonds. The third-order valence-electron chi connectivity index (χ3n) is 5.46. The van der Waals surface area contributed by atoms with Gasteiger partial charge in [0.1, 0.15) is 17.8 Å². The van der Waals surface area contributed by atoms with Gasteiger partial charge in [0.05, 0.1) is 0 Å². The van der Waals surface area contributed by atoms with Gasteiger partial charge >= 0.3 is 12.6 Å². The van der Waals surface area contributed by atoms with Crippen LogP contribution in [0.25, 0.3) is 0 Å². The van der Waals surface area contributed by atoms with Crippen LogP contribution in [0.5, 0.6) is 5.75 Å². The second kappa shape index (κ2) is 8.81. The topological polar surface area (TPSA) is 79.0 Å². The molecule has 2 aliphatic rings. The zero-order valence-corrected chi connectivity index (χ0v) is 17.0. The van der Waals surface area contributed by atoms with Crippen LogP contribution in [0.2, 0.25) is 0 Å². The maximum Gasteiger partial charge on any atom is 0.387 e. The standard InChI is InChI=1S/C21H25F2N3O4/c1-3-25(15-7-5-4-6-8-15)17(27)13-26-18(28)21(2,24-20(26)29)14-9-11-16(12-10-14)30-19(22)23/h7,9-12,19H,3-6,8,13H2,1-2H3,(H,24,29). The molecule has 1 aromatic carbocycles. The van der Waals surface area contributed by atoms with Crippen molar-refractivity contribution in [3.05, 3.63) is 41.6 Å². The van der Waals surface area contributed by atoms with E-state index >= 15 is 0 Å². The van der Waals surface area contributed by atoms with Crippen molar-refractivity contribution >= 4 is 17.8 Å². The molecule has 30 heavy (non-hydrogen) atoms. The number of likely N-dealkylation sites (N-methyl/N-ethyl adjacent to an activating group) is 1. The SMILES string of the molecule is CCN(C(=O)CN1C(=O)NC(C)(c2ccc(OC(F)F)cc2)C1=O)C1=CCCCC1. The second-order valence-corrected chi connectivity index (χ2v) is 7.43. The lowest BCUT2D eigenvalue weighted by Crippen LogP contribution is -2.44. The number of rotatable bonds is 7. The zero-order valence-electron chi connectivity index (χ0n) is 17.0. The monoisotopic (exact) mass is 421 g/mol. The highest BCUT2D eigenvalue weighted by molar-refractivity contribution is 6.09. The van der Waals surface area contributed by atoms with Gasteiger partial charge in [0, 0.05) is 12.2 Å². The van der Waals surface area contributed by atoms with Gasteiger partial charge in [0.25, 0.3) is 5.91 Å². The molecule has 0 aromatic heterocycles. The van der Waals surface area contributed by atoms with E-state index in [2.05, 4.69) is 10.1 Å². The smallest absolute Gasteiger partial charge is 0.387 e. The van der Waals surface area contributed by atoms with E-state index in [9.17, 15) is 23.2 Å². The Kier molecular flexibility index (Phi) is 6.38. The fraction of sp³-hybridized carbons (Fsp3) is 0.476. The number of hydrogen-bond acceptors (Lipinski definition) is 4. The Morgan fingerprint density at radius 2 is 1.97 bits per heavy atom. The number of imide groups is 1. The molecule has 1 aliphatic heterocycles. The molecule has 1 aliphatic carbocycles. The van der Waals surface area contributed by atoms with Crippen LogP contribution < -0.4 is 10.1 Å². The number of nitrogens with one attached hydrogen (secondary N) is 1. The van der Waals surface area contributed by atoms with E-state index < -0.39 is 24.1 Å². The van der Waals surface area contributed by atoms with Gasteiger partial charge in [-0.3, -0.25) is 14.5 Å². The third kappa shape index (κ3) is 4.29. The van der Waals surface area contributed by atoms with Gasteiger partial charge in [0.15, 0.2) is 0 Å².